The predicted octanol–water partition coefficient (Wildman–Crippen LogP) is 6.02. The van der Waals surface area contributed by atoms with Crippen molar-refractivity contribution in [3.8, 4) is 0 Å². The van der Waals surface area contributed by atoms with Crippen LogP contribution >= 0.6 is 0 Å². The van der Waals surface area contributed by atoms with Gasteiger partial charge in [-0.05, 0) is 72.3 Å². The molecule has 1 heterocycles. The molecule has 39 heavy (non-hydrogen) atoms. The molecule has 3 rings (SSSR count). The number of carboxylic acids is 1. The van der Waals surface area contributed by atoms with Gasteiger partial charge in [-0.3, -0.25) is 0 Å². The van der Waals surface area contributed by atoms with Gasteiger partial charge in [0.1, 0.15) is 0 Å². The van der Waals surface area contributed by atoms with Gasteiger partial charge in [-0.2, -0.15) is 17.5 Å². The van der Waals surface area contributed by atoms with E-state index >= 15 is 0 Å². The smallest absolute Gasteiger partial charge is 0.393 e. The minimum absolute atomic E-state index is 0.000732. The Morgan fingerprint density at radius 1 is 0.974 bits per heavy atom. The van der Waals surface area contributed by atoms with Gasteiger partial charge < -0.3 is 9.84 Å². The molecular formula is C29H32F3NO5S. The van der Waals surface area contributed by atoms with E-state index in [1.54, 1.807) is 62.4 Å². The third kappa shape index (κ3) is 7.90. The third-order valence-corrected chi connectivity index (χ3v) is 8.71. The highest BCUT2D eigenvalue weighted by molar-refractivity contribution is 7.89. The van der Waals surface area contributed by atoms with E-state index < -0.39 is 28.6 Å². The summed E-state index contributed by atoms with van der Waals surface area (Å²) in [5.74, 6) is -1.23. The van der Waals surface area contributed by atoms with Crippen molar-refractivity contribution in [1.82, 2.24) is 4.31 Å². The molecule has 0 amide bonds. The third-order valence-electron chi connectivity index (χ3n) is 6.71. The maximum atomic E-state index is 14.0. The molecule has 0 bridgehead atoms. The van der Waals surface area contributed by atoms with Gasteiger partial charge in [0.05, 0.1) is 24.5 Å². The van der Waals surface area contributed by atoms with Gasteiger partial charge in [-0.25, -0.2) is 13.2 Å². The van der Waals surface area contributed by atoms with Crippen LogP contribution in [0.15, 0.2) is 87.9 Å². The maximum Gasteiger partial charge on any atom is 0.393 e. The van der Waals surface area contributed by atoms with Crippen molar-refractivity contribution in [1.29, 1.82) is 0 Å². The second-order valence-electron chi connectivity index (χ2n) is 9.33. The van der Waals surface area contributed by atoms with Gasteiger partial charge in [0, 0.05) is 19.2 Å². The number of morpholine rings is 1. The van der Waals surface area contributed by atoms with E-state index in [0.29, 0.717) is 22.3 Å². The first kappa shape index (κ1) is 30.3. The second kappa shape index (κ2) is 12.8. The molecule has 0 atom stereocenters. The van der Waals surface area contributed by atoms with Crippen molar-refractivity contribution in [3.05, 3.63) is 94.1 Å². The van der Waals surface area contributed by atoms with Gasteiger partial charge >= 0.3 is 12.1 Å². The van der Waals surface area contributed by atoms with Crippen molar-refractivity contribution in [2.75, 3.05) is 26.3 Å². The molecule has 1 saturated heterocycles. The number of hydrogen-bond donors (Lipinski definition) is 1. The Kier molecular flexibility index (Phi) is 9.93. The minimum Gasteiger partial charge on any atom is -0.478 e. The summed E-state index contributed by atoms with van der Waals surface area (Å²) >= 11 is 0. The standard InChI is InChI=1S/C29H32F3NO5S/c1-20(17-28(34)35)21(2)25(26(19-29(30,31)32)22(3)23-9-5-4-6-10-23)18-24-11-7-8-12-27(24)39(36,37)33-13-15-38-16-14-33/h4-12,17H,13-16,18-19H2,1-3H3,(H,34,35). The number of benzene rings is 2. The van der Waals surface area contributed by atoms with E-state index in [2.05, 4.69) is 0 Å². The number of carboxylic acid groups (broad SMARTS) is 1. The van der Waals surface area contributed by atoms with E-state index in [-0.39, 0.29) is 54.3 Å². The van der Waals surface area contributed by atoms with Crippen LogP contribution in [0.2, 0.25) is 0 Å². The molecule has 1 aliphatic heterocycles. The zero-order valence-corrected chi connectivity index (χ0v) is 22.9. The Balaban J connectivity index is 2.27. The summed E-state index contributed by atoms with van der Waals surface area (Å²) in [6.45, 7) is 5.52. The molecule has 0 radical (unpaired) electrons. The van der Waals surface area contributed by atoms with E-state index in [1.807, 2.05) is 0 Å². The fourth-order valence-corrected chi connectivity index (χ4v) is 6.17. The molecule has 10 heteroatoms. The summed E-state index contributed by atoms with van der Waals surface area (Å²) in [4.78, 5) is 11.4. The first-order chi connectivity index (χ1) is 18.3. The highest BCUT2D eigenvalue weighted by atomic mass is 32.2. The van der Waals surface area contributed by atoms with Crippen LogP contribution < -0.4 is 0 Å². The largest absolute Gasteiger partial charge is 0.478 e. The average molecular weight is 564 g/mol. The lowest BCUT2D eigenvalue weighted by atomic mass is 9.85. The lowest BCUT2D eigenvalue weighted by molar-refractivity contribution is -0.131. The van der Waals surface area contributed by atoms with Crippen LogP contribution in [0.4, 0.5) is 13.2 Å². The molecule has 210 valence electrons. The molecular weight excluding hydrogens is 531 g/mol. The Bertz CT molecular complexity index is 1390. The normalized spacial score (nSPS) is 16.9. The summed E-state index contributed by atoms with van der Waals surface area (Å²) in [7, 11) is -3.95. The van der Waals surface area contributed by atoms with Crippen LogP contribution in [0.3, 0.4) is 0 Å². The Hall–Kier alpha value is -3.21. The van der Waals surface area contributed by atoms with Gasteiger partial charge in [-0.1, -0.05) is 48.5 Å². The zero-order valence-electron chi connectivity index (χ0n) is 22.1. The maximum absolute atomic E-state index is 14.0. The van der Waals surface area contributed by atoms with E-state index in [4.69, 9.17) is 4.74 Å². The number of halogens is 3. The molecule has 1 N–H and O–H groups in total. The first-order valence-corrected chi connectivity index (χ1v) is 13.8. The Morgan fingerprint density at radius 2 is 1.56 bits per heavy atom. The lowest BCUT2D eigenvalue weighted by Crippen LogP contribution is -2.40. The molecule has 0 saturated carbocycles. The number of allylic oxidation sites excluding steroid dienone is 5. The number of carbonyl (C=O) groups is 1. The van der Waals surface area contributed by atoms with Crippen LogP contribution in [0, 0.1) is 0 Å². The number of ether oxygens (including phenoxy) is 1. The topological polar surface area (TPSA) is 83.9 Å². The van der Waals surface area contributed by atoms with Crippen LogP contribution in [0.5, 0.6) is 0 Å². The fraction of sp³-hybridized carbons (Fsp3) is 0.345. The molecule has 1 aliphatic rings. The number of aliphatic carboxylic acids is 1. The molecule has 1 fully saturated rings. The van der Waals surface area contributed by atoms with Crippen molar-refractivity contribution in [2.45, 2.75) is 44.7 Å². The van der Waals surface area contributed by atoms with Crippen molar-refractivity contribution >= 4 is 21.6 Å². The second-order valence-corrected chi connectivity index (χ2v) is 11.2. The molecule has 2 aromatic rings. The lowest BCUT2D eigenvalue weighted by Gasteiger charge is -2.27. The fourth-order valence-electron chi connectivity index (χ4n) is 4.54. The number of alkyl halides is 3. The van der Waals surface area contributed by atoms with Gasteiger partial charge in [0.2, 0.25) is 10.0 Å². The molecule has 6 nitrogen and oxygen atoms in total. The summed E-state index contributed by atoms with van der Waals surface area (Å²) in [5.41, 5.74) is 2.09. The summed E-state index contributed by atoms with van der Waals surface area (Å²) in [5, 5.41) is 9.33. The summed E-state index contributed by atoms with van der Waals surface area (Å²) in [6, 6.07) is 14.9. The number of sulfonamides is 1. The molecule has 2 aromatic carbocycles. The van der Waals surface area contributed by atoms with Gasteiger partial charge in [0.15, 0.2) is 0 Å². The van der Waals surface area contributed by atoms with Crippen LogP contribution in [0.1, 0.15) is 38.3 Å². The minimum atomic E-state index is -4.57. The monoisotopic (exact) mass is 563 g/mol. The Morgan fingerprint density at radius 3 is 2.15 bits per heavy atom. The molecule has 0 aromatic heterocycles. The van der Waals surface area contributed by atoms with E-state index in [1.165, 1.54) is 17.3 Å². The SMILES string of the molecule is CC(=CC(=O)O)C(C)=C(Cc1ccccc1S(=O)(=O)N1CCOCC1)C(CC(F)(F)F)=C(C)c1ccccc1. The van der Waals surface area contributed by atoms with Gasteiger partial charge in [-0.15, -0.1) is 0 Å². The van der Waals surface area contributed by atoms with Crippen LogP contribution in [0.25, 0.3) is 5.57 Å². The average Bonchev–Trinajstić information content (AvgIpc) is 2.90. The first-order valence-electron chi connectivity index (χ1n) is 12.4. The molecule has 0 unspecified atom stereocenters. The number of nitrogens with zero attached hydrogens (tertiary/aromatic N) is 1. The highest BCUT2D eigenvalue weighted by Crippen LogP contribution is 2.38. The predicted molar refractivity (Wildman–Crippen MR) is 144 cm³/mol. The van der Waals surface area contributed by atoms with Crippen molar-refractivity contribution < 1.29 is 36.2 Å². The van der Waals surface area contributed by atoms with Crippen molar-refractivity contribution in [3.63, 3.8) is 0 Å². The summed E-state index contributed by atoms with van der Waals surface area (Å²) < 4.78 is 75.7. The molecule has 0 aliphatic carbocycles. The van der Waals surface area contributed by atoms with E-state index in [0.717, 1.165) is 6.08 Å². The highest BCUT2D eigenvalue weighted by Gasteiger charge is 2.33. The quantitative estimate of drug-likeness (QED) is 0.298. The Labute approximate surface area is 227 Å². The van der Waals surface area contributed by atoms with E-state index in [9.17, 15) is 31.5 Å². The van der Waals surface area contributed by atoms with Crippen molar-refractivity contribution in [2.24, 2.45) is 0 Å². The van der Waals surface area contributed by atoms with Crippen LogP contribution in [-0.2, 0) is 26.0 Å². The van der Waals surface area contributed by atoms with Gasteiger partial charge in [0.25, 0.3) is 0 Å². The zero-order chi connectivity index (χ0) is 28.8. The summed E-state index contributed by atoms with van der Waals surface area (Å²) in [6.07, 6.45) is -5.04. The van der Waals surface area contributed by atoms with Crippen LogP contribution in [-0.4, -0.2) is 56.3 Å². The number of rotatable bonds is 9. The molecule has 0 spiro atoms. The number of hydrogen-bond acceptors (Lipinski definition) is 4.